The minimum atomic E-state index is -4.08. The van der Waals surface area contributed by atoms with Gasteiger partial charge in [0.2, 0.25) is 0 Å². The fourth-order valence-electron chi connectivity index (χ4n) is 0.247. The van der Waals surface area contributed by atoms with Gasteiger partial charge in [-0.3, -0.25) is 0 Å². The van der Waals surface area contributed by atoms with Crippen molar-refractivity contribution in [1.29, 1.82) is 0 Å². The zero-order valence-corrected chi connectivity index (χ0v) is 4.20. The van der Waals surface area contributed by atoms with E-state index in [4.69, 9.17) is 5.73 Å². The van der Waals surface area contributed by atoms with Crippen LogP contribution in [-0.2, 0) is 0 Å². The molecule has 0 aliphatic heterocycles. The third-order valence-corrected chi connectivity index (χ3v) is 0.542. The molecule has 0 aliphatic rings. The Morgan fingerprint density at radius 1 is 1.38 bits per heavy atom. The molecule has 0 aliphatic carbocycles. The summed E-state index contributed by atoms with van der Waals surface area (Å²) in [6.07, 6.45) is -3.98. The van der Waals surface area contributed by atoms with E-state index in [1.54, 1.807) is 0 Å². The Labute approximate surface area is 45.7 Å². The number of hydrogen-bond donors (Lipinski definition) is 1. The first kappa shape index (κ1) is 7.75. The van der Waals surface area contributed by atoms with Crippen LogP contribution in [0, 0.1) is 6.42 Å². The molecule has 0 bridgehead atoms. The molecule has 0 aromatic rings. The number of hydrogen-bond acceptors (Lipinski definition) is 1. The maximum atomic E-state index is 11.2. The predicted molar refractivity (Wildman–Crippen MR) is 24.0 cm³/mol. The molecule has 0 saturated carbocycles. The van der Waals surface area contributed by atoms with E-state index >= 15 is 0 Å². The molecule has 1 nitrogen and oxygen atoms in total. The summed E-state index contributed by atoms with van der Waals surface area (Å²) >= 11 is 0. The molecule has 2 N–H and O–H groups in total. The highest BCUT2D eigenvalue weighted by atomic mass is 19.4. The molecule has 0 unspecified atom stereocenters. The van der Waals surface area contributed by atoms with E-state index in [-0.39, 0.29) is 6.54 Å². The van der Waals surface area contributed by atoms with Crippen LogP contribution < -0.4 is 5.73 Å². The van der Waals surface area contributed by atoms with Crippen molar-refractivity contribution in [1.82, 2.24) is 0 Å². The molecule has 0 amide bonds. The summed E-state index contributed by atoms with van der Waals surface area (Å²) in [6.45, 7) is -0.0144. The van der Waals surface area contributed by atoms with Crippen molar-refractivity contribution in [3.63, 3.8) is 0 Å². The summed E-state index contributed by atoms with van der Waals surface area (Å²) in [5.74, 6) is 0. The van der Waals surface area contributed by atoms with Gasteiger partial charge in [0.25, 0.3) is 0 Å². The fraction of sp³-hybridized carbons (Fsp3) is 0.750. The maximum Gasteiger partial charge on any atom is 0.389 e. The van der Waals surface area contributed by atoms with Crippen molar-refractivity contribution in [2.24, 2.45) is 5.73 Å². The van der Waals surface area contributed by atoms with Crippen molar-refractivity contribution in [3.8, 4) is 0 Å². The number of halogens is 3. The van der Waals surface area contributed by atoms with Crippen LogP contribution in [0.1, 0.15) is 6.42 Å². The second kappa shape index (κ2) is 2.91. The summed E-state index contributed by atoms with van der Waals surface area (Å²) in [7, 11) is 0. The molecule has 49 valence electrons. The predicted octanol–water partition coefficient (Wildman–Crippen LogP) is 1.10. The number of alkyl halides is 3. The first-order valence-corrected chi connectivity index (χ1v) is 2.15. The largest absolute Gasteiger partial charge is 0.389 e. The Balaban J connectivity index is 3.11. The Kier molecular flexibility index (Phi) is 2.82. The fourth-order valence-corrected chi connectivity index (χ4v) is 0.247. The van der Waals surface area contributed by atoms with Crippen LogP contribution in [0.2, 0.25) is 0 Å². The molecule has 0 heterocycles. The SMILES string of the molecule is NC[CH]CC(F)(F)F. The lowest BCUT2D eigenvalue weighted by atomic mass is 10.3. The normalized spacial score (nSPS) is 12.0. The monoisotopic (exact) mass is 126 g/mol. The van der Waals surface area contributed by atoms with E-state index in [0.717, 1.165) is 6.42 Å². The lowest BCUT2D eigenvalue weighted by Gasteiger charge is -2.01. The molecule has 0 spiro atoms. The van der Waals surface area contributed by atoms with E-state index in [9.17, 15) is 13.2 Å². The van der Waals surface area contributed by atoms with Crippen LogP contribution in [0.15, 0.2) is 0 Å². The highest BCUT2D eigenvalue weighted by Crippen LogP contribution is 2.19. The Bertz CT molecular complexity index is 58.8. The van der Waals surface area contributed by atoms with Crippen molar-refractivity contribution in [2.75, 3.05) is 6.54 Å². The van der Waals surface area contributed by atoms with Crippen molar-refractivity contribution < 1.29 is 13.2 Å². The topological polar surface area (TPSA) is 26.0 Å². The van der Waals surface area contributed by atoms with Gasteiger partial charge in [-0.1, -0.05) is 0 Å². The molecular weight excluding hydrogens is 119 g/mol. The van der Waals surface area contributed by atoms with Gasteiger partial charge in [0.15, 0.2) is 0 Å². The molecule has 0 atom stereocenters. The molecule has 0 saturated heterocycles. The van der Waals surface area contributed by atoms with Gasteiger partial charge in [0, 0.05) is 6.42 Å². The Hall–Kier alpha value is -0.250. The van der Waals surface area contributed by atoms with E-state index in [1.165, 1.54) is 0 Å². The standard InChI is InChI=1S/C4H7F3N/c5-4(6,7)2-1-3-8/h1H,2-3,8H2. The molecule has 0 aromatic carbocycles. The van der Waals surface area contributed by atoms with Crippen LogP contribution in [0.5, 0.6) is 0 Å². The Morgan fingerprint density at radius 2 is 1.88 bits per heavy atom. The summed E-state index contributed by atoms with van der Waals surface area (Å²) in [6, 6.07) is 0. The molecule has 0 aromatic heterocycles. The van der Waals surface area contributed by atoms with Gasteiger partial charge in [0.1, 0.15) is 0 Å². The van der Waals surface area contributed by atoms with Gasteiger partial charge in [-0.15, -0.1) is 0 Å². The summed E-state index contributed by atoms with van der Waals surface area (Å²) in [4.78, 5) is 0. The zero-order valence-electron chi connectivity index (χ0n) is 4.20. The number of nitrogens with two attached hydrogens (primary N) is 1. The van der Waals surface area contributed by atoms with Crippen LogP contribution in [-0.4, -0.2) is 12.7 Å². The molecule has 1 radical (unpaired) electrons. The van der Waals surface area contributed by atoms with Crippen molar-refractivity contribution in [3.05, 3.63) is 6.42 Å². The third-order valence-electron chi connectivity index (χ3n) is 0.542. The van der Waals surface area contributed by atoms with Gasteiger partial charge < -0.3 is 5.73 Å². The zero-order chi connectivity index (χ0) is 6.62. The third kappa shape index (κ3) is 5.75. The smallest absolute Gasteiger partial charge is 0.330 e. The van der Waals surface area contributed by atoms with Gasteiger partial charge in [0.05, 0.1) is 0 Å². The summed E-state index contributed by atoms with van der Waals surface area (Å²) in [5, 5.41) is 0. The highest BCUT2D eigenvalue weighted by molar-refractivity contribution is 4.69. The van der Waals surface area contributed by atoms with Crippen LogP contribution in [0.4, 0.5) is 13.2 Å². The first-order chi connectivity index (χ1) is 3.56. The molecule has 0 fully saturated rings. The minimum absolute atomic E-state index is 0.0144. The molecule has 4 heteroatoms. The van der Waals surface area contributed by atoms with E-state index in [2.05, 4.69) is 0 Å². The van der Waals surface area contributed by atoms with E-state index in [0.29, 0.717) is 0 Å². The summed E-state index contributed by atoms with van der Waals surface area (Å²) < 4.78 is 33.5. The van der Waals surface area contributed by atoms with Crippen molar-refractivity contribution in [2.45, 2.75) is 12.6 Å². The van der Waals surface area contributed by atoms with Gasteiger partial charge in [-0.25, -0.2) is 0 Å². The second-order valence-corrected chi connectivity index (χ2v) is 1.34. The first-order valence-electron chi connectivity index (χ1n) is 2.15. The van der Waals surface area contributed by atoms with Crippen molar-refractivity contribution >= 4 is 0 Å². The molecular formula is C4H7F3N. The van der Waals surface area contributed by atoms with Gasteiger partial charge >= 0.3 is 6.18 Å². The minimum Gasteiger partial charge on any atom is -0.330 e. The molecule has 0 rings (SSSR count). The van der Waals surface area contributed by atoms with Crippen LogP contribution in [0.25, 0.3) is 0 Å². The quantitative estimate of drug-likeness (QED) is 0.589. The summed E-state index contributed by atoms with van der Waals surface area (Å²) in [5.41, 5.74) is 4.78. The molecule has 8 heavy (non-hydrogen) atoms. The number of rotatable bonds is 2. The van der Waals surface area contributed by atoms with Crippen LogP contribution in [0.3, 0.4) is 0 Å². The lowest BCUT2D eigenvalue weighted by Crippen LogP contribution is -2.11. The highest BCUT2D eigenvalue weighted by Gasteiger charge is 2.25. The van der Waals surface area contributed by atoms with E-state index < -0.39 is 12.6 Å². The maximum absolute atomic E-state index is 11.2. The van der Waals surface area contributed by atoms with Gasteiger partial charge in [-0.05, 0) is 13.0 Å². The second-order valence-electron chi connectivity index (χ2n) is 1.34. The lowest BCUT2D eigenvalue weighted by molar-refractivity contribution is -0.127. The van der Waals surface area contributed by atoms with E-state index in [1.807, 2.05) is 0 Å². The average Bonchev–Trinajstić information content (AvgIpc) is 1.59. The Morgan fingerprint density at radius 3 is 2.00 bits per heavy atom. The average molecular weight is 126 g/mol. The van der Waals surface area contributed by atoms with Gasteiger partial charge in [-0.2, -0.15) is 13.2 Å². The van der Waals surface area contributed by atoms with Crippen LogP contribution >= 0.6 is 0 Å².